The van der Waals surface area contributed by atoms with Gasteiger partial charge in [0, 0.05) is 19.0 Å². The first-order valence-electron chi connectivity index (χ1n) is 7.61. The van der Waals surface area contributed by atoms with Crippen LogP contribution in [-0.4, -0.2) is 29.5 Å². The second kappa shape index (κ2) is 6.57. The van der Waals surface area contributed by atoms with Gasteiger partial charge in [-0.3, -0.25) is 4.68 Å². The van der Waals surface area contributed by atoms with Crippen LogP contribution in [0.15, 0.2) is 6.20 Å². The summed E-state index contributed by atoms with van der Waals surface area (Å²) in [5, 5.41) is 7.68. The van der Waals surface area contributed by atoms with Crippen LogP contribution < -0.4 is 10.1 Å². The van der Waals surface area contributed by atoms with Gasteiger partial charge in [0.15, 0.2) is 11.4 Å². The van der Waals surface area contributed by atoms with Gasteiger partial charge in [-0.1, -0.05) is 13.3 Å². The number of ether oxygens (including phenoxy) is 1. The van der Waals surface area contributed by atoms with Crippen molar-refractivity contribution in [1.29, 1.82) is 0 Å². The molecule has 1 fully saturated rings. The average molecular weight is 283 g/mol. The van der Waals surface area contributed by atoms with Crippen molar-refractivity contribution >= 4 is 0 Å². The molecule has 0 saturated carbocycles. The normalized spacial score (nSPS) is 22.5. The molecule has 2 heterocycles. The van der Waals surface area contributed by atoms with Crippen molar-refractivity contribution < 1.29 is 9.13 Å². The van der Waals surface area contributed by atoms with Crippen molar-refractivity contribution in [3.8, 4) is 5.75 Å². The zero-order valence-electron chi connectivity index (χ0n) is 12.8. The van der Waals surface area contributed by atoms with E-state index in [0.717, 1.165) is 25.9 Å². The molecule has 2 atom stereocenters. The van der Waals surface area contributed by atoms with E-state index in [0.29, 0.717) is 17.9 Å². The van der Waals surface area contributed by atoms with E-state index in [4.69, 9.17) is 4.74 Å². The van der Waals surface area contributed by atoms with Gasteiger partial charge in [0.1, 0.15) is 5.69 Å². The molecule has 0 amide bonds. The van der Waals surface area contributed by atoms with E-state index in [1.807, 2.05) is 0 Å². The van der Waals surface area contributed by atoms with Crippen LogP contribution in [0.5, 0.6) is 5.75 Å². The van der Waals surface area contributed by atoms with Gasteiger partial charge in [-0.2, -0.15) is 5.10 Å². The highest BCUT2D eigenvalue weighted by Gasteiger charge is 2.36. The summed E-state index contributed by atoms with van der Waals surface area (Å²) in [6, 6.07) is 0.244. The first-order chi connectivity index (χ1) is 9.58. The van der Waals surface area contributed by atoms with Gasteiger partial charge in [0.05, 0.1) is 13.3 Å². The lowest BCUT2D eigenvalue weighted by molar-refractivity contribution is 0.129. The fourth-order valence-electron chi connectivity index (χ4n) is 3.08. The maximum absolute atomic E-state index is 15.3. The Morgan fingerprint density at radius 2 is 2.35 bits per heavy atom. The van der Waals surface area contributed by atoms with Crippen molar-refractivity contribution in [2.24, 2.45) is 0 Å². The standard InChI is InChI=1S/C15H26FN3O/c1-4-9-19-14(13(20-3)11-18-19)15(2,16)10-12-7-5-6-8-17-12/h11-12,17H,4-10H2,1-3H3. The van der Waals surface area contributed by atoms with Gasteiger partial charge in [-0.05, 0) is 32.7 Å². The van der Waals surface area contributed by atoms with Crippen LogP contribution in [0.1, 0.15) is 51.6 Å². The summed E-state index contributed by atoms with van der Waals surface area (Å²) in [6.07, 6.45) is 6.44. The fourth-order valence-corrected chi connectivity index (χ4v) is 3.08. The number of halogens is 1. The molecule has 2 unspecified atom stereocenters. The number of piperidine rings is 1. The Bertz CT molecular complexity index is 425. The molecule has 1 aromatic rings. The number of hydrogen-bond acceptors (Lipinski definition) is 3. The summed E-state index contributed by atoms with van der Waals surface area (Å²) < 4.78 is 22.3. The molecule has 0 aliphatic carbocycles. The van der Waals surface area contributed by atoms with E-state index in [-0.39, 0.29) is 6.04 Å². The number of rotatable bonds is 6. The lowest BCUT2D eigenvalue weighted by Gasteiger charge is -2.30. The van der Waals surface area contributed by atoms with Crippen LogP contribution in [0.3, 0.4) is 0 Å². The van der Waals surface area contributed by atoms with Gasteiger partial charge in [0.2, 0.25) is 0 Å². The fraction of sp³-hybridized carbons (Fsp3) is 0.800. The van der Waals surface area contributed by atoms with Crippen LogP contribution in [0, 0.1) is 0 Å². The van der Waals surface area contributed by atoms with Gasteiger partial charge >= 0.3 is 0 Å². The molecule has 20 heavy (non-hydrogen) atoms. The van der Waals surface area contributed by atoms with E-state index < -0.39 is 5.67 Å². The maximum Gasteiger partial charge on any atom is 0.163 e. The van der Waals surface area contributed by atoms with Crippen LogP contribution >= 0.6 is 0 Å². The molecule has 1 saturated heterocycles. The first kappa shape index (κ1) is 15.3. The molecule has 1 aliphatic rings. The summed E-state index contributed by atoms with van der Waals surface area (Å²) in [7, 11) is 1.58. The monoisotopic (exact) mass is 283 g/mol. The molecule has 0 radical (unpaired) electrons. The smallest absolute Gasteiger partial charge is 0.163 e. The number of hydrogen-bond donors (Lipinski definition) is 1. The van der Waals surface area contributed by atoms with Crippen molar-refractivity contribution in [2.45, 2.75) is 64.2 Å². The first-order valence-corrected chi connectivity index (χ1v) is 7.61. The Labute approximate surface area is 120 Å². The summed E-state index contributed by atoms with van der Waals surface area (Å²) in [6.45, 7) is 5.42. The molecule has 114 valence electrons. The zero-order valence-corrected chi connectivity index (χ0v) is 12.8. The summed E-state index contributed by atoms with van der Waals surface area (Å²) in [5.41, 5.74) is -0.847. The highest BCUT2D eigenvalue weighted by Crippen LogP contribution is 2.38. The number of nitrogens with one attached hydrogen (secondary N) is 1. The molecular weight excluding hydrogens is 257 g/mol. The molecular formula is C15H26FN3O. The van der Waals surface area contributed by atoms with Gasteiger partial charge in [-0.25, -0.2) is 4.39 Å². The van der Waals surface area contributed by atoms with Gasteiger partial charge < -0.3 is 10.1 Å². The molecule has 5 heteroatoms. The minimum Gasteiger partial charge on any atom is -0.493 e. The third kappa shape index (κ3) is 3.32. The van der Waals surface area contributed by atoms with Crippen LogP contribution in [0.2, 0.25) is 0 Å². The minimum atomic E-state index is -1.42. The number of aromatic nitrogens is 2. The molecule has 2 rings (SSSR count). The average Bonchev–Trinajstić information content (AvgIpc) is 2.83. The quantitative estimate of drug-likeness (QED) is 0.872. The van der Waals surface area contributed by atoms with Crippen molar-refractivity contribution in [2.75, 3.05) is 13.7 Å². The van der Waals surface area contributed by atoms with Crippen molar-refractivity contribution in [3.05, 3.63) is 11.9 Å². The predicted molar refractivity (Wildman–Crippen MR) is 77.8 cm³/mol. The maximum atomic E-state index is 15.3. The molecule has 0 aromatic carbocycles. The third-order valence-electron chi connectivity index (χ3n) is 4.00. The lowest BCUT2D eigenvalue weighted by Crippen LogP contribution is -2.39. The number of nitrogens with zero attached hydrogens (tertiary/aromatic N) is 2. The Hall–Kier alpha value is -1.10. The predicted octanol–water partition coefficient (Wildman–Crippen LogP) is 3.02. The second-order valence-electron chi connectivity index (χ2n) is 5.83. The van der Waals surface area contributed by atoms with Gasteiger partial charge in [0.25, 0.3) is 0 Å². The Morgan fingerprint density at radius 3 is 2.95 bits per heavy atom. The lowest BCUT2D eigenvalue weighted by atomic mass is 9.90. The van der Waals surface area contributed by atoms with E-state index in [2.05, 4.69) is 17.3 Å². The van der Waals surface area contributed by atoms with Crippen molar-refractivity contribution in [3.63, 3.8) is 0 Å². The topological polar surface area (TPSA) is 39.1 Å². The van der Waals surface area contributed by atoms with E-state index >= 15 is 4.39 Å². The Morgan fingerprint density at radius 1 is 1.55 bits per heavy atom. The second-order valence-corrected chi connectivity index (χ2v) is 5.83. The van der Waals surface area contributed by atoms with Crippen LogP contribution in [0.4, 0.5) is 4.39 Å². The summed E-state index contributed by atoms with van der Waals surface area (Å²) in [4.78, 5) is 0. The number of alkyl halides is 1. The molecule has 0 bridgehead atoms. The Kier molecular flexibility index (Phi) is 5.02. The largest absolute Gasteiger partial charge is 0.493 e. The molecule has 4 nitrogen and oxygen atoms in total. The number of aryl methyl sites for hydroxylation is 1. The highest BCUT2D eigenvalue weighted by molar-refractivity contribution is 5.30. The van der Waals surface area contributed by atoms with E-state index in [1.165, 1.54) is 12.8 Å². The Balaban J connectivity index is 2.19. The molecule has 1 N–H and O–H groups in total. The van der Waals surface area contributed by atoms with Crippen molar-refractivity contribution in [1.82, 2.24) is 15.1 Å². The highest BCUT2D eigenvalue weighted by atomic mass is 19.1. The third-order valence-corrected chi connectivity index (χ3v) is 4.00. The zero-order chi connectivity index (χ0) is 14.6. The van der Waals surface area contributed by atoms with Gasteiger partial charge in [-0.15, -0.1) is 0 Å². The SMILES string of the molecule is CCCn1ncc(OC)c1C(C)(F)CC1CCCCN1. The number of methoxy groups -OCH3 is 1. The molecule has 0 spiro atoms. The summed E-state index contributed by atoms with van der Waals surface area (Å²) >= 11 is 0. The van der Waals surface area contributed by atoms with Crippen LogP contribution in [-0.2, 0) is 12.2 Å². The minimum absolute atomic E-state index is 0.244. The molecule has 1 aliphatic heterocycles. The summed E-state index contributed by atoms with van der Waals surface area (Å²) in [5.74, 6) is 0.555. The van der Waals surface area contributed by atoms with E-state index in [9.17, 15) is 0 Å². The van der Waals surface area contributed by atoms with Crippen LogP contribution in [0.25, 0.3) is 0 Å². The van der Waals surface area contributed by atoms with E-state index in [1.54, 1.807) is 24.9 Å². The molecule has 1 aromatic heterocycles.